The molecular weight excluding hydrogens is 220 g/mol. The summed E-state index contributed by atoms with van der Waals surface area (Å²) in [6.45, 7) is 9.25. The minimum atomic E-state index is -0.452. The molecule has 1 aromatic heterocycles. The fraction of sp³-hybridized carbons (Fsp3) is 0.667. The molecule has 0 amide bonds. The molecule has 0 unspecified atom stereocenters. The van der Waals surface area contributed by atoms with Gasteiger partial charge in [-0.2, -0.15) is 4.98 Å². The first-order chi connectivity index (χ1) is 7.83. The van der Waals surface area contributed by atoms with Crippen LogP contribution < -0.4 is 4.90 Å². The zero-order valence-corrected chi connectivity index (χ0v) is 11.1. The van der Waals surface area contributed by atoms with Crippen LogP contribution >= 0.6 is 0 Å². The maximum atomic E-state index is 11.4. The average Bonchev–Trinajstić information content (AvgIpc) is 2.63. The van der Waals surface area contributed by atoms with Crippen LogP contribution in [0.25, 0.3) is 0 Å². The first-order valence-electron chi connectivity index (χ1n) is 5.67. The number of carbonyl (C=O) groups excluding carboxylic acids is 1. The Bertz CT molecular complexity index is 379. The van der Waals surface area contributed by atoms with Gasteiger partial charge in [-0.25, -0.2) is 4.79 Å². The SMILES string of the molecule is CCOC(=O)c1coc(N(C)CC(C)(C)C)n1. The highest BCUT2D eigenvalue weighted by Gasteiger charge is 2.19. The van der Waals surface area contributed by atoms with Crippen LogP contribution in [0.5, 0.6) is 0 Å². The minimum absolute atomic E-state index is 0.132. The molecule has 0 spiro atoms. The number of carbonyl (C=O) groups is 1. The molecule has 0 radical (unpaired) electrons. The van der Waals surface area contributed by atoms with E-state index in [1.54, 1.807) is 6.92 Å². The van der Waals surface area contributed by atoms with Crippen molar-refractivity contribution in [1.82, 2.24) is 4.98 Å². The molecule has 17 heavy (non-hydrogen) atoms. The van der Waals surface area contributed by atoms with Gasteiger partial charge in [0.1, 0.15) is 6.26 Å². The van der Waals surface area contributed by atoms with Gasteiger partial charge in [0.2, 0.25) is 0 Å². The van der Waals surface area contributed by atoms with Gasteiger partial charge >= 0.3 is 5.97 Å². The van der Waals surface area contributed by atoms with Gasteiger partial charge in [0.05, 0.1) is 6.61 Å². The molecule has 0 saturated heterocycles. The summed E-state index contributed by atoms with van der Waals surface area (Å²) in [6.07, 6.45) is 1.33. The van der Waals surface area contributed by atoms with E-state index in [2.05, 4.69) is 25.8 Å². The zero-order chi connectivity index (χ0) is 13.1. The van der Waals surface area contributed by atoms with Crippen molar-refractivity contribution in [2.45, 2.75) is 27.7 Å². The monoisotopic (exact) mass is 240 g/mol. The predicted molar refractivity (Wildman–Crippen MR) is 65.2 cm³/mol. The lowest BCUT2D eigenvalue weighted by molar-refractivity contribution is 0.0519. The van der Waals surface area contributed by atoms with E-state index in [4.69, 9.17) is 9.15 Å². The molecule has 0 saturated carbocycles. The summed E-state index contributed by atoms with van der Waals surface area (Å²) in [5, 5.41) is 0. The third-order valence-electron chi connectivity index (χ3n) is 2.01. The number of nitrogens with zero attached hydrogens (tertiary/aromatic N) is 2. The molecule has 0 aliphatic carbocycles. The second kappa shape index (κ2) is 5.21. The van der Waals surface area contributed by atoms with Gasteiger partial charge in [0.15, 0.2) is 5.69 Å². The topological polar surface area (TPSA) is 55.6 Å². The van der Waals surface area contributed by atoms with Crippen LogP contribution in [0.1, 0.15) is 38.2 Å². The second-order valence-corrected chi connectivity index (χ2v) is 5.15. The van der Waals surface area contributed by atoms with E-state index in [1.165, 1.54) is 6.26 Å². The average molecular weight is 240 g/mol. The quantitative estimate of drug-likeness (QED) is 0.756. The van der Waals surface area contributed by atoms with Crippen molar-refractivity contribution in [1.29, 1.82) is 0 Å². The molecule has 5 nitrogen and oxygen atoms in total. The molecule has 0 bridgehead atoms. The summed E-state index contributed by atoms with van der Waals surface area (Å²) in [5.41, 5.74) is 0.343. The smallest absolute Gasteiger partial charge is 0.360 e. The zero-order valence-electron chi connectivity index (χ0n) is 11.1. The van der Waals surface area contributed by atoms with Crippen molar-refractivity contribution in [3.63, 3.8) is 0 Å². The van der Waals surface area contributed by atoms with Crippen LogP contribution in [0.4, 0.5) is 6.01 Å². The van der Waals surface area contributed by atoms with Gasteiger partial charge in [-0.05, 0) is 12.3 Å². The Kier molecular flexibility index (Phi) is 4.15. The second-order valence-electron chi connectivity index (χ2n) is 5.15. The van der Waals surface area contributed by atoms with E-state index in [0.717, 1.165) is 6.54 Å². The largest absolute Gasteiger partial charge is 0.461 e. The third kappa shape index (κ3) is 4.09. The van der Waals surface area contributed by atoms with Crippen molar-refractivity contribution in [2.24, 2.45) is 5.41 Å². The number of hydrogen-bond acceptors (Lipinski definition) is 5. The lowest BCUT2D eigenvalue weighted by Gasteiger charge is -2.25. The van der Waals surface area contributed by atoms with E-state index in [0.29, 0.717) is 12.6 Å². The van der Waals surface area contributed by atoms with Crippen LogP contribution in [0, 0.1) is 5.41 Å². The standard InChI is InChI=1S/C12H20N2O3/c1-6-16-10(15)9-7-17-11(13-9)14(5)8-12(2,3)4/h7H,6,8H2,1-5H3. The predicted octanol–water partition coefficient (Wildman–Crippen LogP) is 2.33. The van der Waals surface area contributed by atoms with Crippen molar-refractivity contribution in [2.75, 3.05) is 25.1 Å². The molecule has 0 atom stereocenters. The molecule has 0 aliphatic heterocycles. The van der Waals surface area contributed by atoms with E-state index < -0.39 is 5.97 Å². The highest BCUT2D eigenvalue weighted by Crippen LogP contribution is 2.19. The molecule has 1 rings (SSSR count). The fourth-order valence-corrected chi connectivity index (χ4v) is 1.52. The van der Waals surface area contributed by atoms with Crippen molar-refractivity contribution in [3.8, 4) is 0 Å². The number of oxazole rings is 1. The summed E-state index contributed by atoms with van der Waals surface area (Å²) >= 11 is 0. The van der Waals surface area contributed by atoms with Gasteiger partial charge in [0.25, 0.3) is 6.01 Å². The normalized spacial score (nSPS) is 11.4. The molecule has 0 aliphatic rings. The molecule has 96 valence electrons. The molecular formula is C12H20N2O3. The van der Waals surface area contributed by atoms with Gasteiger partial charge in [0, 0.05) is 13.6 Å². The molecule has 1 aromatic rings. The Morgan fingerprint density at radius 1 is 1.53 bits per heavy atom. The summed E-state index contributed by atoms with van der Waals surface area (Å²) < 4.78 is 10.1. The number of rotatable bonds is 4. The van der Waals surface area contributed by atoms with Gasteiger partial charge in [-0.1, -0.05) is 20.8 Å². The van der Waals surface area contributed by atoms with Crippen LogP contribution in [0.3, 0.4) is 0 Å². The van der Waals surface area contributed by atoms with E-state index in [-0.39, 0.29) is 11.1 Å². The van der Waals surface area contributed by atoms with Crippen molar-refractivity contribution >= 4 is 12.0 Å². The summed E-state index contributed by atoms with van der Waals surface area (Å²) in [4.78, 5) is 17.4. The first-order valence-corrected chi connectivity index (χ1v) is 5.67. The van der Waals surface area contributed by atoms with Crippen molar-refractivity contribution < 1.29 is 13.9 Å². The van der Waals surface area contributed by atoms with Crippen molar-refractivity contribution in [3.05, 3.63) is 12.0 Å². The highest BCUT2D eigenvalue weighted by molar-refractivity contribution is 5.87. The minimum Gasteiger partial charge on any atom is -0.461 e. The Balaban J connectivity index is 2.71. The summed E-state index contributed by atoms with van der Waals surface area (Å²) in [5.74, 6) is -0.452. The van der Waals surface area contributed by atoms with Gasteiger partial charge in [-0.3, -0.25) is 0 Å². The van der Waals surface area contributed by atoms with E-state index in [9.17, 15) is 4.79 Å². The maximum Gasteiger partial charge on any atom is 0.360 e. The molecule has 0 aromatic carbocycles. The lowest BCUT2D eigenvalue weighted by atomic mass is 9.96. The first kappa shape index (κ1) is 13.5. The number of ether oxygens (including phenoxy) is 1. The number of esters is 1. The number of anilines is 1. The molecule has 5 heteroatoms. The Morgan fingerprint density at radius 3 is 2.71 bits per heavy atom. The Labute approximate surface area is 102 Å². The van der Waals surface area contributed by atoms with Crippen LogP contribution in [0.15, 0.2) is 10.7 Å². The Morgan fingerprint density at radius 2 is 2.18 bits per heavy atom. The summed E-state index contributed by atoms with van der Waals surface area (Å²) in [6, 6.07) is 0.433. The number of hydrogen-bond donors (Lipinski definition) is 0. The molecule has 0 fully saturated rings. The molecule has 1 heterocycles. The fourth-order valence-electron chi connectivity index (χ4n) is 1.52. The number of aromatic nitrogens is 1. The van der Waals surface area contributed by atoms with E-state index >= 15 is 0 Å². The van der Waals surface area contributed by atoms with Crippen LogP contribution in [-0.4, -0.2) is 31.2 Å². The van der Waals surface area contributed by atoms with Gasteiger partial charge < -0.3 is 14.1 Å². The van der Waals surface area contributed by atoms with Gasteiger partial charge in [-0.15, -0.1) is 0 Å². The van der Waals surface area contributed by atoms with E-state index in [1.807, 2.05) is 11.9 Å². The van der Waals surface area contributed by atoms with Crippen LogP contribution in [0.2, 0.25) is 0 Å². The third-order valence-corrected chi connectivity index (χ3v) is 2.01. The molecule has 0 N–H and O–H groups in total. The van der Waals surface area contributed by atoms with Crippen LogP contribution in [-0.2, 0) is 4.74 Å². The highest BCUT2D eigenvalue weighted by atomic mass is 16.5. The summed E-state index contributed by atoms with van der Waals surface area (Å²) in [7, 11) is 1.88. The Hall–Kier alpha value is -1.52. The lowest BCUT2D eigenvalue weighted by Crippen LogP contribution is -2.29. The maximum absolute atomic E-state index is 11.4.